The summed E-state index contributed by atoms with van der Waals surface area (Å²) in [5.74, 6) is -1.94. The number of nitrogens with one attached hydrogen (secondary N) is 1. The molecular weight excluding hydrogens is 689 g/mol. The number of esters is 1. The lowest BCUT2D eigenvalue weighted by atomic mass is 10.00. The smallest absolute Gasteiger partial charge is 0.410 e. The fraction of sp³-hybridized carbons (Fsp3) is 0.395. The molecule has 13 nitrogen and oxygen atoms in total. The van der Waals surface area contributed by atoms with Crippen molar-refractivity contribution in [3.63, 3.8) is 0 Å². The molecule has 6 rings (SSSR count). The number of fused-ring (bicyclic) bond motifs is 1. The van der Waals surface area contributed by atoms with Crippen LogP contribution in [0.4, 0.5) is 9.59 Å². The van der Waals surface area contributed by atoms with Gasteiger partial charge in [0.1, 0.15) is 29.3 Å². The highest BCUT2D eigenvalue weighted by Gasteiger charge is 2.58. The molecule has 0 aliphatic carbocycles. The van der Waals surface area contributed by atoms with E-state index < -0.39 is 58.0 Å². The van der Waals surface area contributed by atoms with Gasteiger partial charge in [0.2, 0.25) is 5.91 Å². The summed E-state index contributed by atoms with van der Waals surface area (Å²) in [6, 6.07) is 16.9. The van der Waals surface area contributed by atoms with Gasteiger partial charge >= 0.3 is 18.2 Å². The van der Waals surface area contributed by atoms with E-state index >= 15 is 0 Å². The van der Waals surface area contributed by atoms with Crippen molar-refractivity contribution in [2.45, 2.75) is 62.8 Å². The van der Waals surface area contributed by atoms with E-state index in [-0.39, 0.29) is 35.6 Å². The first kappa shape index (κ1) is 36.5. The Bertz CT molecular complexity index is 1800. The van der Waals surface area contributed by atoms with E-state index in [1.165, 1.54) is 6.08 Å². The van der Waals surface area contributed by atoms with Crippen LogP contribution in [0.3, 0.4) is 0 Å². The highest BCUT2D eigenvalue weighted by molar-refractivity contribution is 7.86. The van der Waals surface area contributed by atoms with Gasteiger partial charge in [0, 0.05) is 25.2 Å². The van der Waals surface area contributed by atoms with E-state index in [9.17, 15) is 28.2 Å². The highest BCUT2D eigenvalue weighted by atomic mass is 32.2. The van der Waals surface area contributed by atoms with Crippen LogP contribution in [0.2, 0.25) is 0 Å². The van der Waals surface area contributed by atoms with Crippen LogP contribution in [-0.2, 0) is 39.4 Å². The summed E-state index contributed by atoms with van der Waals surface area (Å²) in [5.41, 5.74) is 1.01. The predicted molar refractivity (Wildman–Crippen MR) is 191 cm³/mol. The van der Waals surface area contributed by atoms with Crippen molar-refractivity contribution in [3.8, 4) is 0 Å². The molecule has 1 N–H and O–H groups in total. The molecule has 14 heteroatoms. The molecule has 3 saturated heterocycles. The largest absolute Gasteiger partial charge is 0.448 e. The van der Waals surface area contributed by atoms with Gasteiger partial charge in [-0.2, -0.15) is 0 Å². The van der Waals surface area contributed by atoms with E-state index in [4.69, 9.17) is 14.2 Å². The van der Waals surface area contributed by atoms with Gasteiger partial charge in [-0.25, -0.2) is 14.4 Å². The average Bonchev–Trinajstić information content (AvgIpc) is 3.75. The maximum atomic E-state index is 14.4. The highest BCUT2D eigenvalue weighted by Crippen LogP contribution is 2.39. The molecule has 0 unspecified atom stereocenters. The second kappa shape index (κ2) is 15.2. The third-order valence-corrected chi connectivity index (χ3v) is 10.8. The van der Waals surface area contributed by atoms with Gasteiger partial charge in [-0.3, -0.25) is 18.7 Å². The number of ether oxygens (including phenoxy) is 3. The summed E-state index contributed by atoms with van der Waals surface area (Å²) in [7, 11) is -1.77. The zero-order valence-corrected chi connectivity index (χ0v) is 30.1. The average molecular weight is 731 g/mol. The summed E-state index contributed by atoms with van der Waals surface area (Å²) in [5, 5.41) is 1.46. The number of carbonyl (C=O) groups excluding carboxylic acids is 5. The molecule has 4 heterocycles. The molecule has 274 valence electrons. The zero-order chi connectivity index (χ0) is 37.2. The Morgan fingerprint density at radius 2 is 1.67 bits per heavy atom. The minimum Gasteiger partial charge on any atom is -0.448 e. The van der Waals surface area contributed by atoms with Crippen molar-refractivity contribution in [2.24, 2.45) is 0 Å². The molecule has 2 aromatic carbocycles. The normalized spacial score (nSPS) is 23.8. The maximum absolute atomic E-state index is 14.4. The van der Waals surface area contributed by atoms with Crippen LogP contribution in [0.5, 0.6) is 0 Å². The van der Waals surface area contributed by atoms with Crippen molar-refractivity contribution >= 4 is 40.8 Å². The number of alkyl carbamates (subject to hydrolysis) is 1. The number of carbonyl (C=O) groups is 5. The molecule has 4 aliphatic rings. The van der Waals surface area contributed by atoms with Crippen molar-refractivity contribution in [3.05, 3.63) is 107 Å². The lowest BCUT2D eigenvalue weighted by Crippen LogP contribution is -2.73. The molecular formula is C38H42N4O9S. The van der Waals surface area contributed by atoms with Crippen molar-refractivity contribution in [1.82, 2.24) is 20.0 Å². The van der Waals surface area contributed by atoms with Crippen LogP contribution >= 0.6 is 0 Å². The van der Waals surface area contributed by atoms with Gasteiger partial charge in [-0.1, -0.05) is 73.3 Å². The molecule has 52 heavy (non-hydrogen) atoms. The standard InChI is InChI=1S/C38H42N4O9S/c1-5-20-49-37(47)40-18-17-28(22-40)41-19-16-26(32(41)43)21-27-23-52(48)34-29(39-36(46)51-38(2,3)4)33(44)42(34)30(27)35(45)50-31(24-12-8-6-9-13-24)25-14-10-7-11-15-25/h5-15,21,28-29,31,34H,1,16-20,22-23H2,2-4H3,(H,39,46)/t28-,29+,34+,52-/m0/s1. The molecule has 4 amide bonds. The molecule has 0 bridgehead atoms. The molecule has 0 spiro atoms. The first-order chi connectivity index (χ1) is 24.9. The quantitative estimate of drug-likeness (QED) is 0.133. The van der Waals surface area contributed by atoms with Crippen LogP contribution in [0.15, 0.2) is 96.2 Å². The number of hydrogen-bond acceptors (Lipinski definition) is 9. The zero-order valence-electron chi connectivity index (χ0n) is 29.3. The van der Waals surface area contributed by atoms with Crippen LogP contribution in [0.25, 0.3) is 0 Å². The lowest BCUT2D eigenvalue weighted by Gasteiger charge is -2.49. The number of amides is 4. The second-order valence-corrected chi connectivity index (χ2v) is 15.4. The second-order valence-electron chi connectivity index (χ2n) is 13.9. The van der Waals surface area contributed by atoms with E-state index in [1.807, 2.05) is 60.7 Å². The van der Waals surface area contributed by atoms with Gasteiger partial charge in [-0.05, 0) is 56.4 Å². The SMILES string of the molecule is C=CCOC(=O)N1CC[C@H](N2CCC(=CC3=C(C(=O)OC(c4ccccc4)c4ccccc4)N4C(=O)[C@@H](NC(=O)OC(C)(C)C)[C@H]4[S@@](=O)C3)C2=O)C1. The van der Waals surface area contributed by atoms with E-state index in [1.54, 1.807) is 36.6 Å². The molecule has 4 atom stereocenters. The third kappa shape index (κ3) is 7.66. The fourth-order valence-electron chi connectivity index (χ4n) is 6.80. The molecule has 3 fully saturated rings. The fourth-order valence-corrected chi connectivity index (χ4v) is 8.43. The number of benzene rings is 2. The topological polar surface area (TPSA) is 152 Å². The minimum absolute atomic E-state index is 0.0897. The van der Waals surface area contributed by atoms with Crippen molar-refractivity contribution in [2.75, 3.05) is 32.0 Å². The number of β-lactam (4-membered cyclic amide) rings is 1. The van der Waals surface area contributed by atoms with E-state index in [0.29, 0.717) is 49.2 Å². The van der Waals surface area contributed by atoms with Crippen LogP contribution in [-0.4, -0.2) is 104 Å². The molecule has 0 saturated carbocycles. The summed E-state index contributed by atoms with van der Waals surface area (Å²) in [4.78, 5) is 71.3. The van der Waals surface area contributed by atoms with Gasteiger partial charge < -0.3 is 29.3 Å². The lowest BCUT2D eigenvalue weighted by molar-refractivity contribution is -0.153. The molecule has 0 radical (unpaired) electrons. The van der Waals surface area contributed by atoms with Gasteiger partial charge in [0.05, 0.1) is 22.6 Å². The Labute approximate surface area is 304 Å². The van der Waals surface area contributed by atoms with Gasteiger partial charge in [-0.15, -0.1) is 0 Å². The van der Waals surface area contributed by atoms with Crippen molar-refractivity contribution in [1.29, 1.82) is 0 Å². The Balaban J connectivity index is 1.31. The van der Waals surface area contributed by atoms with Gasteiger partial charge in [0.25, 0.3) is 5.91 Å². The Morgan fingerprint density at radius 3 is 2.29 bits per heavy atom. The van der Waals surface area contributed by atoms with E-state index in [2.05, 4.69) is 11.9 Å². The Kier molecular flexibility index (Phi) is 10.7. The van der Waals surface area contributed by atoms with Crippen LogP contribution in [0.1, 0.15) is 50.8 Å². The van der Waals surface area contributed by atoms with Crippen LogP contribution < -0.4 is 5.32 Å². The number of hydrogen-bond donors (Lipinski definition) is 1. The predicted octanol–water partition coefficient (Wildman–Crippen LogP) is 3.95. The molecule has 0 aromatic heterocycles. The monoisotopic (exact) mass is 730 g/mol. The van der Waals surface area contributed by atoms with Crippen molar-refractivity contribution < 1.29 is 42.4 Å². The van der Waals surface area contributed by atoms with Gasteiger partial charge in [0.15, 0.2) is 6.10 Å². The summed E-state index contributed by atoms with van der Waals surface area (Å²) >= 11 is 0. The summed E-state index contributed by atoms with van der Waals surface area (Å²) in [6.07, 6.45) is 1.77. The number of allylic oxidation sites excluding steroid dienone is 1. The van der Waals surface area contributed by atoms with E-state index in [0.717, 1.165) is 4.90 Å². The number of nitrogens with zero attached hydrogens (tertiary/aromatic N) is 3. The summed E-state index contributed by atoms with van der Waals surface area (Å²) < 4.78 is 30.5. The Hall–Kier alpha value is -5.24. The first-order valence-corrected chi connectivity index (χ1v) is 18.5. The molecule has 4 aliphatic heterocycles. The number of rotatable bonds is 9. The summed E-state index contributed by atoms with van der Waals surface area (Å²) in [6.45, 7) is 9.83. The minimum atomic E-state index is -1.77. The van der Waals surface area contributed by atoms with Crippen LogP contribution in [0, 0.1) is 0 Å². The maximum Gasteiger partial charge on any atom is 0.410 e. The molecule has 2 aromatic rings. The third-order valence-electron chi connectivity index (χ3n) is 9.14. The first-order valence-electron chi connectivity index (χ1n) is 17.1. The number of likely N-dealkylation sites (tertiary alicyclic amines) is 2. The Morgan fingerprint density at radius 1 is 1.02 bits per heavy atom.